The smallest absolute Gasteiger partial charge is 0.416 e. The predicted molar refractivity (Wildman–Crippen MR) is 93.0 cm³/mol. The molecule has 0 radical (unpaired) electrons. The van der Waals surface area contributed by atoms with E-state index in [1.165, 1.54) is 18.2 Å². The number of H-pyrrole nitrogens is 1. The maximum atomic E-state index is 13.1. The molecule has 9 heteroatoms. The van der Waals surface area contributed by atoms with Gasteiger partial charge in [-0.3, -0.25) is 9.59 Å². The van der Waals surface area contributed by atoms with Gasteiger partial charge in [0.1, 0.15) is 5.75 Å². The summed E-state index contributed by atoms with van der Waals surface area (Å²) in [6.45, 7) is 0. The molecule has 3 rings (SSSR count). The third kappa shape index (κ3) is 3.61. The third-order valence-electron chi connectivity index (χ3n) is 4.00. The van der Waals surface area contributed by atoms with Crippen LogP contribution in [0.1, 0.15) is 11.1 Å². The molecule has 1 aromatic heterocycles. The van der Waals surface area contributed by atoms with Crippen LogP contribution in [0.5, 0.6) is 5.75 Å². The molecule has 0 unspecified atom stereocenters. The minimum absolute atomic E-state index is 0.0332. The van der Waals surface area contributed by atoms with Crippen LogP contribution in [0.4, 0.5) is 13.2 Å². The lowest BCUT2D eigenvalue weighted by molar-refractivity contribution is -0.138. The number of hydrogen-bond donors (Lipinski definition) is 3. The highest BCUT2D eigenvalue weighted by atomic mass is 35.5. The van der Waals surface area contributed by atoms with Gasteiger partial charge in [-0.2, -0.15) is 13.2 Å². The highest BCUT2D eigenvalue weighted by Gasteiger charge is 2.31. The Morgan fingerprint density at radius 3 is 2.48 bits per heavy atom. The molecule has 0 aliphatic carbocycles. The van der Waals surface area contributed by atoms with E-state index < -0.39 is 29.7 Å². The largest absolute Gasteiger partial charge is 0.507 e. The molecule has 0 atom stereocenters. The van der Waals surface area contributed by atoms with Gasteiger partial charge in [-0.1, -0.05) is 11.6 Å². The number of aromatic amines is 1. The van der Waals surface area contributed by atoms with E-state index in [1.54, 1.807) is 0 Å². The number of aromatic hydroxyl groups is 1. The number of phenolic OH excluding ortho intramolecular Hbond substituents is 1. The summed E-state index contributed by atoms with van der Waals surface area (Å²) in [5.74, 6) is -1.70. The van der Waals surface area contributed by atoms with Crippen LogP contribution in [-0.4, -0.2) is 21.2 Å². The second kappa shape index (κ2) is 6.62. The molecule has 0 saturated heterocycles. The van der Waals surface area contributed by atoms with Gasteiger partial charge in [-0.15, -0.1) is 0 Å². The SMILES string of the molecule is O=C(O)Cc1c(-c2cc(Cl)ccc2O)c2cc(C(F)(F)F)ccc2[nH]c1=O. The number of carbonyl (C=O) groups is 1. The fourth-order valence-electron chi connectivity index (χ4n) is 2.85. The number of carboxylic acid groups (broad SMARTS) is 1. The van der Waals surface area contributed by atoms with Crippen molar-refractivity contribution in [1.29, 1.82) is 0 Å². The number of rotatable bonds is 3. The maximum absolute atomic E-state index is 13.1. The van der Waals surface area contributed by atoms with E-state index in [0.29, 0.717) is 0 Å². The van der Waals surface area contributed by atoms with Crippen LogP contribution in [0.15, 0.2) is 41.2 Å². The van der Waals surface area contributed by atoms with Gasteiger partial charge in [0.05, 0.1) is 12.0 Å². The summed E-state index contributed by atoms with van der Waals surface area (Å²) in [5, 5.41) is 19.4. The Kier molecular flexibility index (Phi) is 4.61. The number of halogens is 4. The summed E-state index contributed by atoms with van der Waals surface area (Å²) in [6, 6.07) is 6.51. The van der Waals surface area contributed by atoms with E-state index in [0.717, 1.165) is 18.2 Å². The number of fused-ring (bicyclic) bond motifs is 1. The molecule has 0 bridgehead atoms. The van der Waals surface area contributed by atoms with Gasteiger partial charge in [0.25, 0.3) is 5.56 Å². The zero-order valence-corrected chi connectivity index (χ0v) is 14.1. The maximum Gasteiger partial charge on any atom is 0.416 e. The first-order valence-electron chi connectivity index (χ1n) is 7.54. The van der Waals surface area contributed by atoms with Gasteiger partial charge in [-0.25, -0.2) is 0 Å². The standard InChI is InChI=1S/C18H11ClF3NO4/c19-9-2-4-14(24)11(6-9)16-10-5-8(18(20,21)22)1-3-13(10)23-17(27)12(16)7-15(25)26/h1-6,24H,7H2,(H,23,27)(H,25,26). The summed E-state index contributed by atoms with van der Waals surface area (Å²) in [7, 11) is 0. The van der Waals surface area contributed by atoms with Crippen molar-refractivity contribution in [2.24, 2.45) is 0 Å². The molecule has 0 amide bonds. The molecule has 1 heterocycles. The molecule has 3 N–H and O–H groups in total. The number of alkyl halides is 3. The van der Waals surface area contributed by atoms with Crippen LogP contribution in [0, 0.1) is 0 Å². The average molecular weight is 398 g/mol. The zero-order chi connectivity index (χ0) is 19.9. The fraction of sp³-hybridized carbons (Fsp3) is 0.111. The van der Waals surface area contributed by atoms with Gasteiger partial charge in [0.2, 0.25) is 0 Å². The van der Waals surface area contributed by atoms with Crippen molar-refractivity contribution in [3.63, 3.8) is 0 Å². The van der Waals surface area contributed by atoms with Gasteiger partial charge in [-0.05, 0) is 36.4 Å². The molecule has 0 fully saturated rings. The molecule has 27 heavy (non-hydrogen) atoms. The Bertz CT molecular complexity index is 1120. The molecular weight excluding hydrogens is 387 g/mol. The Morgan fingerprint density at radius 2 is 1.85 bits per heavy atom. The highest BCUT2D eigenvalue weighted by molar-refractivity contribution is 6.31. The number of aromatic nitrogens is 1. The van der Waals surface area contributed by atoms with E-state index in [-0.39, 0.29) is 38.4 Å². The summed E-state index contributed by atoms with van der Waals surface area (Å²) in [6.07, 6.45) is -5.40. The first-order valence-corrected chi connectivity index (χ1v) is 7.92. The van der Waals surface area contributed by atoms with Gasteiger partial charge in [0, 0.05) is 32.6 Å². The predicted octanol–water partition coefficient (Wildman–Crippen LogP) is 4.20. The fourth-order valence-corrected chi connectivity index (χ4v) is 3.02. The van der Waals surface area contributed by atoms with Crippen LogP contribution in [0.2, 0.25) is 5.02 Å². The van der Waals surface area contributed by atoms with Crippen molar-refractivity contribution in [1.82, 2.24) is 4.98 Å². The first-order chi connectivity index (χ1) is 12.6. The Hall–Kier alpha value is -3.00. The molecule has 0 saturated carbocycles. The lowest BCUT2D eigenvalue weighted by atomic mass is 9.93. The topological polar surface area (TPSA) is 90.4 Å². The van der Waals surface area contributed by atoms with Gasteiger partial charge in [0.15, 0.2) is 0 Å². The quantitative estimate of drug-likeness (QED) is 0.617. The van der Waals surface area contributed by atoms with Gasteiger partial charge >= 0.3 is 12.1 Å². The lowest BCUT2D eigenvalue weighted by Crippen LogP contribution is -2.18. The Morgan fingerprint density at radius 1 is 1.15 bits per heavy atom. The summed E-state index contributed by atoms with van der Waals surface area (Å²) in [5.41, 5.74) is -2.12. The molecule has 5 nitrogen and oxygen atoms in total. The van der Waals surface area contributed by atoms with Crippen molar-refractivity contribution in [2.75, 3.05) is 0 Å². The summed E-state index contributed by atoms with van der Waals surface area (Å²) >= 11 is 5.93. The number of nitrogens with one attached hydrogen (secondary N) is 1. The zero-order valence-electron chi connectivity index (χ0n) is 13.4. The van der Waals surface area contributed by atoms with Crippen LogP contribution in [0.3, 0.4) is 0 Å². The number of carboxylic acids is 1. The molecule has 3 aromatic rings. The van der Waals surface area contributed by atoms with E-state index in [9.17, 15) is 27.9 Å². The van der Waals surface area contributed by atoms with Crippen LogP contribution in [-0.2, 0) is 17.4 Å². The summed E-state index contributed by atoms with van der Waals surface area (Å²) in [4.78, 5) is 26.0. The Labute approximate surface area is 154 Å². The molecular formula is C18H11ClF3NO4. The number of pyridine rings is 1. The monoisotopic (exact) mass is 397 g/mol. The third-order valence-corrected chi connectivity index (χ3v) is 4.23. The van der Waals surface area contributed by atoms with Crippen LogP contribution >= 0.6 is 11.6 Å². The minimum Gasteiger partial charge on any atom is -0.507 e. The van der Waals surface area contributed by atoms with Crippen molar-refractivity contribution in [3.05, 3.63) is 62.9 Å². The van der Waals surface area contributed by atoms with Crippen LogP contribution in [0.25, 0.3) is 22.0 Å². The number of aliphatic carboxylic acids is 1. The molecule has 0 aliphatic heterocycles. The number of hydrogen-bond acceptors (Lipinski definition) is 3. The second-order valence-electron chi connectivity index (χ2n) is 5.80. The van der Waals surface area contributed by atoms with E-state index in [1.807, 2.05) is 0 Å². The Balaban J connectivity index is 2.49. The lowest BCUT2D eigenvalue weighted by Gasteiger charge is -2.15. The van der Waals surface area contributed by atoms with Crippen molar-refractivity contribution in [3.8, 4) is 16.9 Å². The van der Waals surface area contributed by atoms with E-state index >= 15 is 0 Å². The minimum atomic E-state index is -4.65. The van der Waals surface area contributed by atoms with Gasteiger partial charge < -0.3 is 15.2 Å². The molecule has 0 spiro atoms. The van der Waals surface area contributed by atoms with Crippen molar-refractivity contribution in [2.45, 2.75) is 12.6 Å². The second-order valence-corrected chi connectivity index (χ2v) is 6.23. The van der Waals surface area contributed by atoms with Crippen LogP contribution < -0.4 is 5.56 Å². The number of phenols is 1. The molecule has 0 aliphatic rings. The van der Waals surface area contributed by atoms with E-state index in [4.69, 9.17) is 16.7 Å². The first kappa shape index (κ1) is 18.8. The summed E-state index contributed by atoms with van der Waals surface area (Å²) < 4.78 is 39.4. The van der Waals surface area contributed by atoms with Crippen molar-refractivity contribution < 1.29 is 28.2 Å². The normalized spacial score (nSPS) is 11.7. The highest BCUT2D eigenvalue weighted by Crippen LogP contribution is 2.39. The molecule has 2 aromatic carbocycles. The van der Waals surface area contributed by atoms with E-state index in [2.05, 4.69) is 4.98 Å². The average Bonchev–Trinajstić information content (AvgIpc) is 2.56. The van der Waals surface area contributed by atoms with Crippen molar-refractivity contribution >= 4 is 28.5 Å². The molecule has 140 valence electrons. The number of benzene rings is 2.